The second kappa shape index (κ2) is 7.83. The second-order valence-electron chi connectivity index (χ2n) is 7.25. The number of thioether (sulfide) groups is 1. The third kappa shape index (κ3) is 3.21. The minimum atomic E-state index is -1.01. The lowest BCUT2D eigenvalue weighted by Crippen LogP contribution is -2.48. The van der Waals surface area contributed by atoms with Crippen LogP contribution in [0.3, 0.4) is 0 Å². The quantitative estimate of drug-likeness (QED) is 0.597. The Balaban J connectivity index is 1.75. The molecule has 31 heavy (non-hydrogen) atoms. The lowest BCUT2D eigenvalue weighted by molar-refractivity contribution is -0.120. The van der Waals surface area contributed by atoms with Crippen LogP contribution in [0, 0.1) is 0 Å². The zero-order valence-corrected chi connectivity index (χ0v) is 18.3. The molecule has 2 atom stereocenters. The summed E-state index contributed by atoms with van der Waals surface area (Å²) < 4.78 is 4.79. The molecule has 5 nitrogen and oxygen atoms in total. The first-order valence-electron chi connectivity index (χ1n) is 9.80. The van der Waals surface area contributed by atoms with Crippen LogP contribution in [0.4, 0.5) is 5.69 Å². The SMILES string of the molecule is COc1ccc(C2N(c3ccccc3)N=C(c3ccccc3)C23SC(=S)NC3=O)cc1. The number of anilines is 1. The van der Waals surface area contributed by atoms with Gasteiger partial charge in [-0.2, -0.15) is 5.10 Å². The number of nitrogens with zero attached hydrogens (tertiary/aromatic N) is 2. The van der Waals surface area contributed by atoms with Crippen LogP contribution in [0.25, 0.3) is 0 Å². The number of hydrogen-bond acceptors (Lipinski definition) is 6. The van der Waals surface area contributed by atoms with E-state index in [0.717, 1.165) is 22.6 Å². The standard InChI is InChI=1S/C24H19N3O2S2/c1-29-19-14-12-17(13-15-19)21-24(22(28)25-23(30)31-24)20(16-8-4-2-5-9-16)26-27(21)18-10-6-3-7-11-18/h2-15,21H,1H3,(H,25,28,30). The minimum absolute atomic E-state index is 0.149. The van der Waals surface area contributed by atoms with Crippen molar-refractivity contribution in [1.82, 2.24) is 5.32 Å². The summed E-state index contributed by atoms with van der Waals surface area (Å²) in [7, 11) is 1.64. The molecule has 1 amide bonds. The molecule has 1 saturated heterocycles. The van der Waals surface area contributed by atoms with E-state index in [4.69, 9.17) is 22.1 Å². The van der Waals surface area contributed by atoms with Crippen molar-refractivity contribution >= 4 is 45.6 Å². The zero-order chi connectivity index (χ0) is 21.4. The van der Waals surface area contributed by atoms with E-state index < -0.39 is 4.75 Å². The molecule has 0 radical (unpaired) electrons. The molecule has 7 heteroatoms. The van der Waals surface area contributed by atoms with E-state index in [9.17, 15) is 4.79 Å². The maximum atomic E-state index is 13.5. The Bertz CT molecular complexity index is 1170. The number of carbonyl (C=O) groups is 1. The van der Waals surface area contributed by atoms with Gasteiger partial charge in [-0.15, -0.1) is 0 Å². The van der Waals surface area contributed by atoms with E-state index in [2.05, 4.69) is 5.32 Å². The molecular formula is C24H19N3O2S2. The van der Waals surface area contributed by atoms with Crippen LogP contribution in [0.1, 0.15) is 17.2 Å². The number of ether oxygens (including phenoxy) is 1. The summed E-state index contributed by atoms with van der Waals surface area (Å²) in [4.78, 5) is 13.5. The van der Waals surface area contributed by atoms with Gasteiger partial charge in [-0.1, -0.05) is 84.6 Å². The molecule has 1 spiro atoms. The molecule has 0 saturated carbocycles. The zero-order valence-electron chi connectivity index (χ0n) is 16.7. The Morgan fingerprint density at radius 1 is 1.00 bits per heavy atom. The van der Waals surface area contributed by atoms with E-state index in [1.807, 2.05) is 89.9 Å². The summed E-state index contributed by atoms with van der Waals surface area (Å²) >= 11 is 6.81. The predicted octanol–water partition coefficient (Wildman–Crippen LogP) is 4.55. The number of benzene rings is 3. The number of carbonyl (C=O) groups excluding carboxylic acids is 1. The van der Waals surface area contributed by atoms with Gasteiger partial charge in [0.1, 0.15) is 16.1 Å². The smallest absolute Gasteiger partial charge is 0.250 e. The van der Waals surface area contributed by atoms with Gasteiger partial charge >= 0.3 is 0 Å². The Morgan fingerprint density at radius 3 is 2.23 bits per heavy atom. The number of hydrogen-bond donors (Lipinski definition) is 1. The highest BCUT2D eigenvalue weighted by Gasteiger charge is 2.62. The van der Waals surface area contributed by atoms with Gasteiger partial charge in [0.05, 0.1) is 18.5 Å². The Kier molecular flexibility index (Phi) is 5.00. The molecule has 1 fully saturated rings. The van der Waals surface area contributed by atoms with Crippen LogP contribution < -0.4 is 15.1 Å². The van der Waals surface area contributed by atoms with Crippen LogP contribution in [0.15, 0.2) is 90.0 Å². The molecule has 2 unspecified atom stereocenters. The van der Waals surface area contributed by atoms with Crippen LogP contribution >= 0.6 is 24.0 Å². The largest absolute Gasteiger partial charge is 0.497 e. The Morgan fingerprint density at radius 2 is 1.65 bits per heavy atom. The van der Waals surface area contributed by atoms with E-state index in [1.54, 1.807) is 7.11 Å². The molecule has 3 aromatic rings. The topological polar surface area (TPSA) is 53.9 Å². The molecule has 5 rings (SSSR count). The van der Waals surface area contributed by atoms with Crippen LogP contribution in [-0.2, 0) is 4.79 Å². The molecule has 2 aliphatic heterocycles. The van der Waals surface area contributed by atoms with Gasteiger partial charge < -0.3 is 10.1 Å². The van der Waals surface area contributed by atoms with Crippen molar-refractivity contribution in [3.8, 4) is 5.75 Å². The van der Waals surface area contributed by atoms with E-state index in [-0.39, 0.29) is 11.9 Å². The highest BCUT2D eigenvalue weighted by molar-refractivity contribution is 8.25. The van der Waals surface area contributed by atoms with Crippen molar-refractivity contribution in [2.24, 2.45) is 5.10 Å². The van der Waals surface area contributed by atoms with Crippen molar-refractivity contribution in [3.05, 3.63) is 96.1 Å². The third-order valence-corrected chi connectivity index (χ3v) is 7.06. The van der Waals surface area contributed by atoms with E-state index >= 15 is 0 Å². The Hall–Kier alpha value is -3.16. The molecule has 0 aromatic heterocycles. The summed E-state index contributed by atoms with van der Waals surface area (Å²) in [5, 5.41) is 9.83. The minimum Gasteiger partial charge on any atom is -0.497 e. The van der Waals surface area contributed by atoms with Gasteiger partial charge in [0, 0.05) is 0 Å². The highest BCUT2D eigenvalue weighted by Crippen LogP contribution is 2.53. The van der Waals surface area contributed by atoms with Crippen molar-refractivity contribution in [3.63, 3.8) is 0 Å². The maximum absolute atomic E-state index is 13.5. The average molecular weight is 446 g/mol. The lowest BCUT2D eigenvalue weighted by Gasteiger charge is -2.33. The number of methoxy groups -OCH3 is 1. The third-order valence-electron chi connectivity index (χ3n) is 5.50. The summed E-state index contributed by atoms with van der Waals surface area (Å²) in [5.74, 6) is 0.606. The monoisotopic (exact) mass is 445 g/mol. The van der Waals surface area contributed by atoms with Crippen LogP contribution in [0.2, 0.25) is 0 Å². The van der Waals surface area contributed by atoms with Crippen molar-refractivity contribution < 1.29 is 9.53 Å². The first kappa shape index (κ1) is 19.8. The molecule has 154 valence electrons. The van der Waals surface area contributed by atoms with Crippen molar-refractivity contribution in [2.45, 2.75) is 10.8 Å². The molecule has 1 N–H and O–H groups in total. The van der Waals surface area contributed by atoms with Gasteiger partial charge in [0.15, 0.2) is 4.75 Å². The van der Waals surface area contributed by atoms with Crippen LogP contribution in [0.5, 0.6) is 5.75 Å². The fraction of sp³-hybridized carbons (Fsp3) is 0.125. The molecule has 0 aliphatic carbocycles. The van der Waals surface area contributed by atoms with Crippen LogP contribution in [-0.4, -0.2) is 27.8 Å². The molecule has 0 bridgehead atoms. The number of nitrogens with one attached hydrogen (secondary N) is 1. The first-order chi connectivity index (χ1) is 15.1. The maximum Gasteiger partial charge on any atom is 0.250 e. The molecule has 2 heterocycles. The van der Waals surface area contributed by atoms with E-state index in [1.165, 1.54) is 11.8 Å². The number of hydrazone groups is 1. The fourth-order valence-corrected chi connectivity index (χ4v) is 5.77. The number of para-hydroxylation sites is 1. The predicted molar refractivity (Wildman–Crippen MR) is 129 cm³/mol. The summed E-state index contributed by atoms with van der Waals surface area (Å²) in [6.45, 7) is 0. The van der Waals surface area contributed by atoms with Gasteiger partial charge in [-0.05, 0) is 35.4 Å². The second-order valence-corrected chi connectivity index (χ2v) is 9.17. The van der Waals surface area contributed by atoms with Gasteiger partial charge in [0.2, 0.25) is 0 Å². The summed E-state index contributed by atoms with van der Waals surface area (Å²) in [5.41, 5.74) is 3.44. The molecule has 3 aromatic carbocycles. The van der Waals surface area contributed by atoms with Crippen molar-refractivity contribution in [2.75, 3.05) is 12.1 Å². The first-order valence-corrected chi connectivity index (χ1v) is 11.0. The average Bonchev–Trinajstić information content (AvgIpc) is 3.31. The Labute approximate surface area is 190 Å². The molecular weight excluding hydrogens is 426 g/mol. The number of rotatable bonds is 4. The number of thiocarbonyl (C=S) groups is 1. The van der Waals surface area contributed by atoms with Gasteiger partial charge in [-0.3, -0.25) is 9.80 Å². The summed E-state index contributed by atoms with van der Waals surface area (Å²) in [6.07, 6.45) is 0. The van der Waals surface area contributed by atoms with Gasteiger partial charge in [-0.25, -0.2) is 0 Å². The van der Waals surface area contributed by atoms with Crippen molar-refractivity contribution in [1.29, 1.82) is 0 Å². The van der Waals surface area contributed by atoms with Gasteiger partial charge in [0.25, 0.3) is 5.91 Å². The van der Waals surface area contributed by atoms with E-state index in [0.29, 0.717) is 10.0 Å². The summed E-state index contributed by atoms with van der Waals surface area (Å²) in [6, 6.07) is 27.1. The fourth-order valence-electron chi connectivity index (χ4n) is 4.10. The highest BCUT2D eigenvalue weighted by atomic mass is 32.2. The number of amides is 1. The lowest BCUT2D eigenvalue weighted by atomic mass is 9.85. The normalized spacial score (nSPS) is 22.5. The molecule has 2 aliphatic rings.